The molecule has 10 heteroatoms. The summed E-state index contributed by atoms with van der Waals surface area (Å²) in [5, 5.41) is 10.8. The molecule has 1 aliphatic heterocycles. The number of aldehydes is 1. The molecule has 1 saturated heterocycles. The fourth-order valence-electron chi connectivity index (χ4n) is 3.79. The standard InChI is InChI=1S/C25H44N4O6/c1-23(2,3)13-17(20(32)27-16(14-30)12-15-10-11-26-19(15)31)28-21(33)18(24(4,5)6)29-22(34)35-25(7,8)9/h14-18H,10-13H2,1-9H3,(H,26,31)(H,27,32)(H,28,33)(H,29,34)/t15-,16?,17-,18+/m0/s1. The predicted molar refractivity (Wildman–Crippen MR) is 132 cm³/mol. The normalized spacial score (nSPS) is 19.1. The summed E-state index contributed by atoms with van der Waals surface area (Å²) in [5.41, 5.74) is -1.74. The Morgan fingerprint density at radius 1 is 1.00 bits per heavy atom. The Morgan fingerprint density at radius 2 is 1.60 bits per heavy atom. The van der Waals surface area contributed by atoms with E-state index in [0.717, 1.165) is 0 Å². The van der Waals surface area contributed by atoms with Crippen LogP contribution in [-0.2, 0) is 23.9 Å². The second-order valence-electron chi connectivity index (χ2n) is 12.5. The van der Waals surface area contributed by atoms with E-state index < -0.39 is 47.0 Å². The van der Waals surface area contributed by atoms with E-state index >= 15 is 0 Å². The molecule has 200 valence electrons. The molecule has 4 N–H and O–H groups in total. The Morgan fingerprint density at radius 3 is 2.03 bits per heavy atom. The zero-order valence-corrected chi connectivity index (χ0v) is 22.7. The van der Waals surface area contributed by atoms with Gasteiger partial charge in [0.15, 0.2) is 0 Å². The highest BCUT2D eigenvalue weighted by atomic mass is 16.6. The fourth-order valence-corrected chi connectivity index (χ4v) is 3.79. The summed E-state index contributed by atoms with van der Waals surface area (Å²) in [6.07, 6.45) is 0.970. The first-order chi connectivity index (χ1) is 15.8. The molecule has 35 heavy (non-hydrogen) atoms. The number of ether oxygens (including phenoxy) is 1. The van der Waals surface area contributed by atoms with Gasteiger partial charge in [-0.25, -0.2) is 4.79 Å². The lowest BCUT2D eigenvalue weighted by atomic mass is 9.84. The summed E-state index contributed by atoms with van der Waals surface area (Å²) in [4.78, 5) is 62.4. The number of alkyl carbamates (subject to hydrolysis) is 1. The van der Waals surface area contributed by atoms with Gasteiger partial charge in [0.2, 0.25) is 17.7 Å². The van der Waals surface area contributed by atoms with Crippen LogP contribution in [0, 0.1) is 16.7 Å². The van der Waals surface area contributed by atoms with Crippen LogP contribution >= 0.6 is 0 Å². The average molecular weight is 497 g/mol. The molecule has 0 aromatic heterocycles. The van der Waals surface area contributed by atoms with E-state index in [0.29, 0.717) is 25.7 Å². The molecule has 1 aliphatic rings. The highest BCUT2D eigenvalue weighted by molar-refractivity contribution is 5.92. The van der Waals surface area contributed by atoms with Crippen LogP contribution in [-0.4, -0.2) is 60.4 Å². The minimum Gasteiger partial charge on any atom is -0.444 e. The highest BCUT2D eigenvalue weighted by Crippen LogP contribution is 2.24. The van der Waals surface area contributed by atoms with Crippen molar-refractivity contribution in [1.29, 1.82) is 0 Å². The average Bonchev–Trinajstić information content (AvgIpc) is 3.06. The van der Waals surface area contributed by atoms with Crippen molar-refractivity contribution in [3.63, 3.8) is 0 Å². The van der Waals surface area contributed by atoms with Crippen LogP contribution in [0.25, 0.3) is 0 Å². The molecule has 4 amide bonds. The van der Waals surface area contributed by atoms with Crippen molar-refractivity contribution in [2.45, 2.75) is 105 Å². The van der Waals surface area contributed by atoms with E-state index in [1.807, 2.05) is 20.8 Å². The zero-order valence-electron chi connectivity index (χ0n) is 22.7. The minimum absolute atomic E-state index is 0.133. The van der Waals surface area contributed by atoms with Gasteiger partial charge in [-0.05, 0) is 50.9 Å². The summed E-state index contributed by atoms with van der Waals surface area (Å²) in [7, 11) is 0. The van der Waals surface area contributed by atoms with E-state index in [2.05, 4.69) is 21.3 Å². The Balaban J connectivity index is 3.02. The molecule has 0 aromatic rings. The third-order valence-corrected chi connectivity index (χ3v) is 5.43. The third-order valence-electron chi connectivity index (χ3n) is 5.43. The second kappa shape index (κ2) is 11.9. The Hall–Kier alpha value is -2.65. The van der Waals surface area contributed by atoms with Crippen LogP contribution in [0.15, 0.2) is 0 Å². The number of hydrogen-bond acceptors (Lipinski definition) is 6. The molecule has 4 atom stereocenters. The van der Waals surface area contributed by atoms with E-state index in [-0.39, 0.29) is 23.7 Å². The maximum Gasteiger partial charge on any atom is 0.408 e. The quantitative estimate of drug-likeness (QED) is 0.360. The topological polar surface area (TPSA) is 143 Å². The predicted octanol–water partition coefficient (Wildman–Crippen LogP) is 2.06. The highest BCUT2D eigenvalue weighted by Gasteiger charge is 2.37. The number of amides is 4. The Kier molecular flexibility index (Phi) is 10.3. The van der Waals surface area contributed by atoms with Gasteiger partial charge in [0, 0.05) is 12.5 Å². The lowest BCUT2D eigenvalue weighted by Gasteiger charge is -2.34. The van der Waals surface area contributed by atoms with E-state index in [1.54, 1.807) is 41.5 Å². The van der Waals surface area contributed by atoms with Crippen molar-refractivity contribution in [2.75, 3.05) is 6.54 Å². The Bertz CT molecular complexity index is 791. The van der Waals surface area contributed by atoms with Gasteiger partial charge in [0.25, 0.3) is 0 Å². The van der Waals surface area contributed by atoms with E-state index in [9.17, 15) is 24.0 Å². The van der Waals surface area contributed by atoms with Crippen molar-refractivity contribution >= 4 is 30.1 Å². The van der Waals surface area contributed by atoms with Gasteiger partial charge < -0.3 is 30.8 Å². The smallest absolute Gasteiger partial charge is 0.408 e. The molecule has 10 nitrogen and oxygen atoms in total. The van der Waals surface area contributed by atoms with Crippen LogP contribution in [0.1, 0.15) is 81.6 Å². The van der Waals surface area contributed by atoms with Crippen LogP contribution in [0.5, 0.6) is 0 Å². The van der Waals surface area contributed by atoms with Gasteiger partial charge in [-0.2, -0.15) is 0 Å². The lowest BCUT2D eigenvalue weighted by Crippen LogP contribution is -2.59. The van der Waals surface area contributed by atoms with Crippen LogP contribution in [0.4, 0.5) is 4.79 Å². The third kappa shape index (κ3) is 11.1. The van der Waals surface area contributed by atoms with Crippen LogP contribution < -0.4 is 21.3 Å². The summed E-state index contributed by atoms with van der Waals surface area (Å²) in [6.45, 7) is 16.9. The van der Waals surface area contributed by atoms with Crippen molar-refractivity contribution in [2.24, 2.45) is 16.7 Å². The number of nitrogens with one attached hydrogen (secondary N) is 4. The number of rotatable bonds is 9. The second-order valence-corrected chi connectivity index (χ2v) is 12.5. The number of carbonyl (C=O) groups is 5. The molecule has 0 saturated carbocycles. The molecular weight excluding hydrogens is 452 g/mol. The zero-order chi connectivity index (χ0) is 27.2. The molecule has 1 heterocycles. The fraction of sp³-hybridized carbons (Fsp3) is 0.800. The maximum absolute atomic E-state index is 13.3. The van der Waals surface area contributed by atoms with Crippen molar-refractivity contribution in [3.05, 3.63) is 0 Å². The van der Waals surface area contributed by atoms with Crippen LogP contribution in [0.3, 0.4) is 0 Å². The molecule has 1 rings (SSSR count). The van der Waals surface area contributed by atoms with Crippen molar-refractivity contribution in [1.82, 2.24) is 21.3 Å². The van der Waals surface area contributed by atoms with E-state index in [1.165, 1.54) is 0 Å². The first kappa shape index (κ1) is 30.4. The largest absolute Gasteiger partial charge is 0.444 e. The summed E-state index contributed by atoms with van der Waals surface area (Å²) < 4.78 is 5.30. The number of carbonyl (C=O) groups excluding carboxylic acids is 5. The minimum atomic E-state index is -0.975. The van der Waals surface area contributed by atoms with Gasteiger partial charge in [0.05, 0.1) is 6.04 Å². The van der Waals surface area contributed by atoms with Gasteiger partial charge in [0.1, 0.15) is 24.0 Å². The molecule has 0 aromatic carbocycles. The van der Waals surface area contributed by atoms with Gasteiger partial charge >= 0.3 is 6.09 Å². The first-order valence-electron chi connectivity index (χ1n) is 12.2. The van der Waals surface area contributed by atoms with Gasteiger partial charge in [-0.3, -0.25) is 14.4 Å². The maximum atomic E-state index is 13.3. The summed E-state index contributed by atoms with van der Waals surface area (Å²) in [6, 6.07) is -2.78. The summed E-state index contributed by atoms with van der Waals surface area (Å²) in [5.74, 6) is -1.53. The van der Waals surface area contributed by atoms with Crippen molar-refractivity contribution < 1.29 is 28.7 Å². The monoisotopic (exact) mass is 496 g/mol. The van der Waals surface area contributed by atoms with Crippen molar-refractivity contribution in [3.8, 4) is 0 Å². The molecule has 1 fully saturated rings. The van der Waals surface area contributed by atoms with E-state index in [4.69, 9.17) is 4.74 Å². The van der Waals surface area contributed by atoms with Gasteiger partial charge in [-0.1, -0.05) is 41.5 Å². The molecule has 0 spiro atoms. The molecule has 1 unspecified atom stereocenters. The molecular formula is C25H44N4O6. The molecule has 0 radical (unpaired) electrons. The molecule has 0 bridgehead atoms. The lowest BCUT2D eigenvalue weighted by molar-refractivity contribution is -0.133. The van der Waals surface area contributed by atoms with Gasteiger partial charge in [-0.15, -0.1) is 0 Å². The van der Waals surface area contributed by atoms with Crippen LogP contribution in [0.2, 0.25) is 0 Å². The molecule has 0 aliphatic carbocycles. The first-order valence-corrected chi connectivity index (χ1v) is 12.2. The number of hydrogen-bond donors (Lipinski definition) is 4. The summed E-state index contributed by atoms with van der Waals surface area (Å²) >= 11 is 0. The Labute approximate surface area is 209 Å². The SMILES string of the molecule is CC(C)(C)C[C@H](NC(=O)[C@@H](NC(=O)OC(C)(C)C)C(C)(C)C)C(=O)NC(C=O)C[C@@H]1CCNC1=O.